The zero-order chi connectivity index (χ0) is 15.0. The molecule has 9 heteroatoms. The molecule has 1 aliphatic rings. The Morgan fingerprint density at radius 2 is 2.10 bits per heavy atom. The van der Waals surface area contributed by atoms with Crippen molar-refractivity contribution < 1.29 is 16.8 Å². The molecule has 0 aromatic heterocycles. The molecular formula is C11H15ClN2O4S2. The summed E-state index contributed by atoms with van der Waals surface area (Å²) < 4.78 is 49.1. The molecule has 1 atom stereocenters. The summed E-state index contributed by atoms with van der Waals surface area (Å²) >= 11 is 5.79. The summed E-state index contributed by atoms with van der Waals surface area (Å²) in [5, 5.41) is 0.163. The Kier molecular flexibility index (Phi) is 4.29. The lowest BCUT2D eigenvalue weighted by Crippen LogP contribution is -2.30. The van der Waals surface area contributed by atoms with Gasteiger partial charge in [0, 0.05) is 6.54 Å². The Hall–Kier alpha value is -0.830. The van der Waals surface area contributed by atoms with Gasteiger partial charge < -0.3 is 5.73 Å². The van der Waals surface area contributed by atoms with Crippen molar-refractivity contribution in [3.63, 3.8) is 0 Å². The lowest BCUT2D eigenvalue weighted by molar-refractivity contribution is 0.543. The molecule has 1 aromatic carbocycles. The van der Waals surface area contributed by atoms with Crippen LogP contribution >= 0.6 is 11.6 Å². The number of hydrogen-bond acceptors (Lipinski definition) is 5. The van der Waals surface area contributed by atoms with Crippen LogP contribution in [0.1, 0.15) is 6.42 Å². The Labute approximate surface area is 123 Å². The average Bonchev–Trinajstić information content (AvgIpc) is 2.70. The summed E-state index contributed by atoms with van der Waals surface area (Å²) in [5.74, 6) is -0.0375. The van der Waals surface area contributed by atoms with Gasteiger partial charge >= 0.3 is 0 Å². The van der Waals surface area contributed by atoms with Crippen LogP contribution in [0.2, 0.25) is 5.02 Å². The van der Waals surface area contributed by atoms with Gasteiger partial charge in [-0.3, -0.25) is 0 Å². The van der Waals surface area contributed by atoms with Gasteiger partial charge in [0.1, 0.15) is 0 Å². The van der Waals surface area contributed by atoms with Gasteiger partial charge in [0.2, 0.25) is 10.0 Å². The molecule has 20 heavy (non-hydrogen) atoms. The Morgan fingerprint density at radius 3 is 2.65 bits per heavy atom. The molecule has 1 saturated heterocycles. The normalized spacial score (nSPS) is 21.9. The van der Waals surface area contributed by atoms with E-state index in [0.717, 1.165) is 0 Å². The molecule has 1 heterocycles. The molecule has 1 fully saturated rings. The summed E-state index contributed by atoms with van der Waals surface area (Å²) in [5.41, 5.74) is 5.82. The first-order valence-electron chi connectivity index (χ1n) is 5.95. The largest absolute Gasteiger partial charge is 0.398 e. The third-order valence-electron chi connectivity index (χ3n) is 3.17. The standard InChI is InChI=1S/C11H15ClN2O4S2/c12-10-5-9(1-2-11(10)13)20(17,18)14-6-8-3-4-19(15,16)7-8/h1-2,5,8,14H,3-4,6-7,13H2. The second-order valence-electron chi connectivity index (χ2n) is 4.80. The number of benzene rings is 1. The van der Waals surface area contributed by atoms with Gasteiger partial charge in [0.15, 0.2) is 9.84 Å². The van der Waals surface area contributed by atoms with Crippen LogP contribution in [0, 0.1) is 5.92 Å². The quantitative estimate of drug-likeness (QED) is 0.783. The fourth-order valence-corrected chi connectivity index (χ4v) is 5.27. The smallest absolute Gasteiger partial charge is 0.240 e. The highest BCUT2D eigenvalue weighted by Gasteiger charge is 2.29. The van der Waals surface area contributed by atoms with Crippen molar-refractivity contribution in [2.24, 2.45) is 5.92 Å². The molecule has 0 amide bonds. The first kappa shape index (κ1) is 15.6. The van der Waals surface area contributed by atoms with Crippen molar-refractivity contribution in [3.05, 3.63) is 23.2 Å². The Bertz CT molecular complexity index is 716. The van der Waals surface area contributed by atoms with E-state index in [9.17, 15) is 16.8 Å². The van der Waals surface area contributed by atoms with E-state index in [1.54, 1.807) is 0 Å². The first-order valence-corrected chi connectivity index (χ1v) is 9.63. The molecule has 0 bridgehead atoms. The molecule has 1 unspecified atom stereocenters. The number of rotatable bonds is 4. The van der Waals surface area contributed by atoms with Crippen molar-refractivity contribution in [3.8, 4) is 0 Å². The molecule has 0 aliphatic carbocycles. The minimum Gasteiger partial charge on any atom is -0.398 e. The number of sulfone groups is 1. The van der Waals surface area contributed by atoms with E-state index in [1.807, 2.05) is 0 Å². The fourth-order valence-electron chi connectivity index (χ4n) is 2.02. The third-order valence-corrected chi connectivity index (χ3v) is 6.76. The zero-order valence-corrected chi connectivity index (χ0v) is 12.9. The molecule has 2 rings (SSSR count). The summed E-state index contributed by atoms with van der Waals surface area (Å²) in [6, 6.07) is 4.04. The lowest BCUT2D eigenvalue weighted by Gasteiger charge is -2.11. The van der Waals surface area contributed by atoms with E-state index in [1.165, 1.54) is 18.2 Å². The highest BCUT2D eigenvalue weighted by molar-refractivity contribution is 7.91. The van der Waals surface area contributed by atoms with Crippen molar-refractivity contribution in [2.75, 3.05) is 23.8 Å². The average molecular weight is 339 g/mol. The maximum absolute atomic E-state index is 12.1. The van der Waals surface area contributed by atoms with Gasteiger partial charge in [-0.25, -0.2) is 21.6 Å². The first-order chi connectivity index (χ1) is 9.20. The second kappa shape index (κ2) is 5.51. The fraction of sp³-hybridized carbons (Fsp3) is 0.455. The van der Waals surface area contributed by atoms with Crippen LogP contribution in [0.15, 0.2) is 23.1 Å². The van der Waals surface area contributed by atoms with E-state index >= 15 is 0 Å². The minimum atomic E-state index is -3.71. The molecule has 6 nitrogen and oxygen atoms in total. The van der Waals surface area contributed by atoms with Gasteiger partial charge in [-0.1, -0.05) is 11.6 Å². The van der Waals surface area contributed by atoms with Gasteiger partial charge in [-0.05, 0) is 30.5 Å². The third kappa shape index (κ3) is 3.63. The molecule has 112 valence electrons. The van der Waals surface area contributed by atoms with E-state index in [2.05, 4.69) is 4.72 Å². The maximum Gasteiger partial charge on any atom is 0.240 e. The number of sulfonamides is 1. The van der Waals surface area contributed by atoms with Crippen molar-refractivity contribution in [2.45, 2.75) is 11.3 Å². The van der Waals surface area contributed by atoms with Gasteiger partial charge in [0.25, 0.3) is 0 Å². The summed E-state index contributed by atoms with van der Waals surface area (Å²) in [6.07, 6.45) is 0.480. The number of nitrogens with two attached hydrogens (primary N) is 1. The molecule has 0 saturated carbocycles. The van der Waals surface area contributed by atoms with Gasteiger partial charge in [0.05, 0.1) is 27.1 Å². The maximum atomic E-state index is 12.1. The van der Waals surface area contributed by atoms with Crippen LogP contribution in [0.25, 0.3) is 0 Å². The monoisotopic (exact) mass is 338 g/mol. The summed E-state index contributed by atoms with van der Waals surface area (Å²) in [7, 11) is -6.72. The second-order valence-corrected chi connectivity index (χ2v) is 9.21. The Morgan fingerprint density at radius 1 is 1.40 bits per heavy atom. The van der Waals surface area contributed by atoms with Crippen LogP contribution in [0.4, 0.5) is 5.69 Å². The van der Waals surface area contributed by atoms with E-state index in [4.69, 9.17) is 17.3 Å². The van der Waals surface area contributed by atoms with E-state index in [-0.39, 0.29) is 33.9 Å². The van der Waals surface area contributed by atoms with Crippen molar-refractivity contribution >= 4 is 37.1 Å². The number of nitrogens with one attached hydrogen (secondary N) is 1. The minimum absolute atomic E-state index is 0.0116. The summed E-state index contributed by atoms with van der Waals surface area (Å²) in [4.78, 5) is 0.0116. The number of halogens is 1. The van der Waals surface area contributed by atoms with E-state index in [0.29, 0.717) is 12.1 Å². The zero-order valence-electron chi connectivity index (χ0n) is 10.5. The molecular weight excluding hydrogens is 324 g/mol. The topological polar surface area (TPSA) is 106 Å². The predicted molar refractivity (Wildman–Crippen MR) is 77.8 cm³/mol. The molecule has 0 radical (unpaired) electrons. The van der Waals surface area contributed by atoms with Crippen LogP contribution in [0.5, 0.6) is 0 Å². The highest BCUT2D eigenvalue weighted by atomic mass is 35.5. The van der Waals surface area contributed by atoms with E-state index < -0.39 is 19.9 Å². The van der Waals surface area contributed by atoms with Gasteiger partial charge in [-0.15, -0.1) is 0 Å². The highest BCUT2D eigenvalue weighted by Crippen LogP contribution is 2.23. The Balaban J connectivity index is 2.06. The molecule has 0 spiro atoms. The van der Waals surface area contributed by atoms with Crippen LogP contribution in [0.3, 0.4) is 0 Å². The van der Waals surface area contributed by atoms with Crippen LogP contribution in [-0.2, 0) is 19.9 Å². The number of nitrogen functional groups attached to an aromatic ring is 1. The van der Waals surface area contributed by atoms with Crippen LogP contribution in [-0.4, -0.2) is 34.9 Å². The molecule has 3 N–H and O–H groups in total. The van der Waals surface area contributed by atoms with Gasteiger partial charge in [-0.2, -0.15) is 0 Å². The predicted octanol–water partition coefficient (Wildman–Crippen LogP) is 0.635. The van der Waals surface area contributed by atoms with Crippen molar-refractivity contribution in [1.82, 2.24) is 4.72 Å². The number of anilines is 1. The number of hydrogen-bond donors (Lipinski definition) is 2. The summed E-state index contributed by atoms with van der Waals surface area (Å²) in [6.45, 7) is 0.101. The molecule has 1 aliphatic heterocycles. The van der Waals surface area contributed by atoms with Crippen LogP contribution < -0.4 is 10.5 Å². The lowest BCUT2D eigenvalue weighted by atomic mass is 10.1. The van der Waals surface area contributed by atoms with Crippen molar-refractivity contribution in [1.29, 1.82) is 0 Å². The molecule has 1 aromatic rings. The SMILES string of the molecule is Nc1ccc(S(=O)(=O)NCC2CCS(=O)(=O)C2)cc1Cl.